The van der Waals surface area contributed by atoms with E-state index in [1.165, 1.54) is 0 Å². The number of carbonyl (C=O) groups excluding carboxylic acids is 2. The Morgan fingerprint density at radius 3 is 2.50 bits per heavy atom. The quantitative estimate of drug-likeness (QED) is 0.696. The van der Waals surface area contributed by atoms with Crippen LogP contribution in [0.1, 0.15) is 39.2 Å². The Labute approximate surface area is 201 Å². The summed E-state index contributed by atoms with van der Waals surface area (Å²) >= 11 is 0. The van der Waals surface area contributed by atoms with Gasteiger partial charge in [0.25, 0.3) is 0 Å². The molecule has 0 bridgehead atoms. The SMILES string of the molecule is CC(C)(C)CC(=O)N1CCc2cc(N3CC(N4CCN(c5ncccn5)CC4)CC3=O)ccc21. The molecule has 1 aromatic carbocycles. The minimum atomic E-state index is -0.0314. The maximum Gasteiger partial charge on any atom is 0.228 e. The Hall–Kier alpha value is -3.00. The van der Waals surface area contributed by atoms with E-state index in [9.17, 15) is 9.59 Å². The maximum atomic E-state index is 12.9. The molecule has 3 aliphatic rings. The van der Waals surface area contributed by atoms with E-state index in [0.29, 0.717) is 19.4 Å². The van der Waals surface area contributed by atoms with Crippen molar-refractivity contribution in [2.24, 2.45) is 5.41 Å². The lowest BCUT2D eigenvalue weighted by molar-refractivity contribution is -0.120. The maximum absolute atomic E-state index is 12.9. The lowest BCUT2D eigenvalue weighted by Crippen LogP contribution is -2.51. The third-order valence-electron chi connectivity index (χ3n) is 7.02. The number of benzene rings is 1. The Balaban J connectivity index is 1.22. The van der Waals surface area contributed by atoms with Gasteiger partial charge in [0.1, 0.15) is 0 Å². The van der Waals surface area contributed by atoms with E-state index in [0.717, 1.165) is 62.0 Å². The molecule has 180 valence electrons. The fourth-order valence-electron chi connectivity index (χ4n) is 5.29. The van der Waals surface area contributed by atoms with Crippen molar-refractivity contribution in [1.29, 1.82) is 0 Å². The molecule has 2 fully saturated rings. The molecular weight excluding hydrogens is 428 g/mol. The predicted octanol–water partition coefficient (Wildman–Crippen LogP) is 2.73. The first-order chi connectivity index (χ1) is 16.3. The molecule has 34 heavy (non-hydrogen) atoms. The molecule has 1 atom stereocenters. The number of nitrogens with zero attached hydrogens (tertiary/aromatic N) is 6. The van der Waals surface area contributed by atoms with Crippen molar-refractivity contribution in [3.05, 3.63) is 42.2 Å². The number of carbonyl (C=O) groups is 2. The van der Waals surface area contributed by atoms with Crippen molar-refractivity contribution in [3.8, 4) is 0 Å². The van der Waals surface area contributed by atoms with Crippen LogP contribution in [-0.2, 0) is 16.0 Å². The molecule has 3 aliphatic heterocycles. The molecule has 1 aromatic heterocycles. The van der Waals surface area contributed by atoms with E-state index in [-0.39, 0.29) is 23.3 Å². The molecule has 0 radical (unpaired) electrons. The van der Waals surface area contributed by atoms with Gasteiger partial charge in [0, 0.05) is 81.9 Å². The van der Waals surface area contributed by atoms with E-state index in [1.54, 1.807) is 12.4 Å². The molecule has 0 aliphatic carbocycles. The number of piperazine rings is 1. The van der Waals surface area contributed by atoms with Gasteiger partial charge in [-0.05, 0) is 41.7 Å². The molecule has 8 nitrogen and oxygen atoms in total. The highest BCUT2D eigenvalue weighted by atomic mass is 16.2. The van der Waals surface area contributed by atoms with Crippen molar-refractivity contribution < 1.29 is 9.59 Å². The lowest BCUT2D eigenvalue weighted by Gasteiger charge is -2.37. The van der Waals surface area contributed by atoms with Crippen LogP contribution in [0.4, 0.5) is 17.3 Å². The molecule has 0 N–H and O–H groups in total. The van der Waals surface area contributed by atoms with Crippen LogP contribution in [0.2, 0.25) is 0 Å². The summed E-state index contributed by atoms with van der Waals surface area (Å²) in [6, 6.07) is 8.21. The van der Waals surface area contributed by atoms with Gasteiger partial charge in [-0.25, -0.2) is 9.97 Å². The van der Waals surface area contributed by atoms with Gasteiger partial charge < -0.3 is 14.7 Å². The van der Waals surface area contributed by atoms with Crippen molar-refractivity contribution >= 4 is 29.1 Å². The second kappa shape index (κ2) is 8.98. The molecule has 2 saturated heterocycles. The highest BCUT2D eigenvalue weighted by molar-refractivity contribution is 5.99. The summed E-state index contributed by atoms with van der Waals surface area (Å²) in [6.45, 7) is 11.3. The summed E-state index contributed by atoms with van der Waals surface area (Å²) < 4.78 is 0. The Morgan fingerprint density at radius 1 is 1.06 bits per heavy atom. The minimum Gasteiger partial charge on any atom is -0.338 e. The third kappa shape index (κ3) is 4.64. The monoisotopic (exact) mass is 462 g/mol. The first kappa shape index (κ1) is 22.8. The fraction of sp³-hybridized carbons (Fsp3) is 0.538. The van der Waals surface area contributed by atoms with Crippen LogP contribution in [0.5, 0.6) is 0 Å². The molecule has 2 aromatic rings. The number of rotatable bonds is 4. The smallest absolute Gasteiger partial charge is 0.228 e. The summed E-state index contributed by atoms with van der Waals surface area (Å²) in [5, 5.41) is 0. The zero-order valence-electron chi connectivity index (χ0n) is 20.4. The summed E-state index contributed by atoms with van der Waals surface area (Å²) in [7, 11) is 0. The van der Waals surface area contributed by atoms with E-state index in [4.69, 9.17) is 0 Å². The Kier molecular flexibility index (Phi) is 6.02. The van der Waals surface area contributed by atoms with Crippen LogP contribution < -0.4 is 14.7 Å². The topological polar surface area (TPSA) is 72.9 Å². The van der Waals surface area contributed by atoms with Gasteiger partial charge in [0.15, 0.2) is 0 Å². The average Bonchev–Trinajstić information content (AvgIpc) is 3.42. The lowest BCUT2D eigenvalue weighted by atomic mass is 9.91. The average molecular weight is 463 g/mol. The summed E-state index contributed by atoms with van der Waals surface area (Å²) in [5.41, 5.74) is 3.08. The van der Waals surface area contributed by atoms with E-state index in [1.807, 2.05) is 28.0 Å². The van der Waals surface area contributed by atoms with Gasteiger partial charge in [-0.3, -0.25) is 14.5 Å². The molecule has 2 amide bonds. The van der Waals surface area contributed by atoms with Crippen LogP contribution >= 0.6 is 0 Å². The van der Waals surface area contributed by atoms with Crippen molar-refractivity contribution in [1.82, 2.24) is 14.9 Å². The minimum absolute atomic E-state index is 0.0314. The predicted molar refractivity (Wildman–Crippen MR) is 133 cm³/mol. The Morgan fingerprint density at radius 2 is 1.79 bits per heavy atom. The van der Waals surface area contributed by atoms with Gasteiger partial charge in [-0.1, -0.05) is 20.8 Å². The normalized spacial score (nSPS) is 21.3. The van der Waals surface area contributed by atoms with Crippen molar-refractivity contribution in [2.45, 2.75) is 46.1 Å². The molecule has 5 rings (SSSR count). The van der Waals surface area contributed by atoms with Gasteiger partial charge in [0.2, 0.25) is 17.8 Å². The van der Waals surface area contributed by atoms with Gasteiger partial charge in [0.05, 0.1) is 0 Å². The Bertz CT molecular complexity index is 1060. The van der Waals surface area contributed by atoms with Crippen molar-refractivity contribution in [3.63, 3.8) is 0 Å². The highest BCUT2D eigenvalue weighted by Gasteiger charge is 2.36. The fourth-order valence-corrected chi connectivity index (χ4v) is 5.29. The van der Waals surface area contributed by atoms with Gasteiger partial charge >= 0.3 is 0 Å². The number of fused-ring (bicyclic) bond motifs is 1. The first-order valence-corrected chi connectivity index (χ1v) is 12.3. The van der Waals surface area contributed by atoms with Crippen LogP contribution in [0, 0.1) is 5.41 Å². The first-order valence-electron chi connectivity index (χ1n) is 12.3. The number of hydrogen-bond donors (Lipinski definition) is 0. The number of aromatic nitrogens is 2. The molecule has 4 heterocycles. The zero-order chi connectivity index (χ0) is 23.9. The number of hydrogen-bond acceptors (Lipinski definition) is 6. The number of amides is 2. The summed E-state index contributed by atoms with van der Waals surface area (Å²) in [4.78, 5) is 42.9. The molecule has 0 spiro atoms. The third-order valence-corrected chi connectivity index (χ3v) is 7.02. The van der Waals surface area contributed by atoms with Crippen LogP contribution in [0.3, 0.4) is 0 Å². The van der Waals surface area contributed by atoms with E-state index in [2.05, 4.69) is 46.6 Å². The second-order valence-corrected chi connectivity index (χ2v) is 10.8. The van der Waals surface area contributed by atoms with Gasteiger partial charge in [-0.15, -0.1) is 0 Å². The second-order valence-electron chi connectivity index (χ2n) is 10.8. The zero-order valence-corrected chi connectivity index (χ0v) is 20.4. The number of anilines is 3. The van der Waals surface area contributed by atoms with Crippen LogP contribution in [0.15, 0.2) is 36.7 Å². The van der Waals surface area contributed by atoms with Gasteiger partial charge in [-0.2, -0.15) is 0 Å². The van der Waals surface area contributed by atoms with Crippen LogP contribution in [-0.4, -0.2) is 72.0 Å². The molecular formula is C26H34N6O2. The molecule has 1 unspecified atom stereocenters. The largest absolute Gasteiger partial charge is 0.338 e. The molecule has 0 saturated carbocycles. The van der Waals surface area contributed by atoms with E-state index < -0.39 is 0 Å². The standard InChI is InChI=1S/C26H34N6O2/c1-26(2,3)17-24(34)31-10-7-19-15-20(5-6-22(19)31)32-18-21(16-23(32)33)29-11-13-30(14-12-29)25-27-8-4-9-28-25/h4-6,8-9,15,21H,7,10-14,16-18H2,1-3H3. The van der Waals surface area contributed by atoms with Crippen LogP contribution in [0.25, 0.3) is 0 Å². The summed E-state index contributed by atoms with van der Waals surface area (Å²) in [6.07, 6.45) is 5.48. The molecule has 8 heteroatoms. The highest BCUT2D eigenvalue weighted by Crippen LogP contribution is 2.35. The summed E-state index contributed by atoms with van der Waals surface area (Å²) in [5.74, 6) is 1.13. The van der Waals surface area contributed by atoms with Crippen molar-refractivity contribution in [2.75, 3.05) is 54.0 Å². The van der Waals surface area contributed by atoms with E-state index >= 15 is 0 Å².